The molecule has 2 aromatic rings. The standard InChI is InChI=1S/C15H11ClN2O2/c1-18(14-5-3-2-4-10(14)9-17)11-6-7-12(15(19)20)13(16)8-11/h2-8H,1H3,(H,19,20). The average Bonchev–Trinajstić information content (AvgIpc) is 2.45. The molecule has 0 fully saturated rings. The van der Waals surface area contributed by atoms with Gasteiger partial charge in [-0.15, -0.1) is 0 Å². The van der Waals surface area contributed by atoms with E-state index in [4.69, 9.17) is 22.0 Å². The number of aromatic carboxylic acids is 1. The van der Waals surface area contributed by atoms with Gasteiger partial charge in [0.05, 0.1) is 21.8 Å². The van der Waals surface area contributed by atoms with Crippen LogP contribution in [0.15, 0.2) is 42.5 Å². The quantitative estimate of drug-likeness (QED) is 0.935. The van der Waals surface area contributed by atoms with Gasteiger partial charge in [-0.3, -0.25) is 0 Å². The highest BCUT2D eigenvalue weighted by Gasteiger charge is 2.13. The van der Waals surface area contributed by atoms with E-state index in [1.54, 1.807) is 36.2 Å². The number of hydrogen-bond acceptors (Lipinski definition) is 3. The number of carboxylic acids is 1. The summed E-state index contributed by atoms with van der Waals surface area (Å²) in [5.74, 6) is -1.07. The highest BCUT2D eigenvalue weighted by molar-refractivity contribution is 6.33. The van der Waals surface area contributed by atoms with Gasteiger partial charge in [0.2, 0.25) is 0 Å². The summed E-state index contributed by atoms with van der Waals surface area (Å²) < 4.78 is 0. The predicted molar refractivity (Wildman–Crippen MR) is 77.6 cm³/mol. The molecular formula is C15H11ClN2O2. The number of para-hydroxylation sites is 1. The van der Waals surface area contributed by atoms with Gasteiger partial charge in [0, 0.05) is 12.7 Å². The normalized spacial score (nSPS) is 9.85. The first kappa shape index (κ1) is 13.9. The summed E-state index contributed by atoms with van der Waals surface area (Å²) in [6, 6.07) is 14.0. The molecule has 0 heterocycles. The Morgan fingerprint density at radius 3 is 2.60 bits per heavy atom. The first-order valence-electron chi connectivity index (χ1n) is 5.80. The third kappa shape index (κ3) is 2.58. The molecular weight excluding hydrogens is 276 g/mol. The van der Waals surface area contributed by atoms with Crippen molar-refractivity contribution in [3.8, 4) is 6.07 Å². The zero-order valence-corrected chi connectivity index (χ0v) is 11.4. The van der Waals surface area contributed by atoms with Crippen molar-refractivity contribution in [2.75, 3.05) is 11.9 Å². The molecule has 0 bridgehead atoms. The lowest BCUT2D eigenvalue weighted by atomic mass is 10.1. The van der Waals surface area contributed by atoms with E-state index in [1.807, 2.05) is 12.1 Å². The van der Waals surface area contributed by atoms with Gasteiger partial charge in [-0.2, -0.15) is 5.26 Å². The third-order valence-corrected chi connectivity index (χ3v) is 3.27. The summed E-state index contributed by atoms with van der Waals surface area (Å²) in [6.45, 7) is 0. The van der Waals surface area contributed by atoms with E-state index in [0.717, 1.165) is 5.69 Å². The maximum Gasteiger partial charge on any atom is 0.337 e. The summed E-state index contributed by atoms with van der Waals surface area (Å²) in [5.41, 5.74) is 2.03. The Morgan fingerprint density at radius 2 is 2.00 bits per heavy atom. The largest absolute Gasteiger partial charge is 0.478 e. The number of halogens is 1. The fraction of sp³-hybridized carbons (Fsp3) is 0.0667. The number of anilines is 2. The first-order chi connectivity index (χ1) is 9.54. The van der Waals surface area contributed by atoms with Crippen LogP contribution >= 0.6 is 11.6 Å². The number of nitrogens with zero attached hydrogens (tertiary/aromatic N) is 2. The molecule has 2 aromatic carbocycles. The lowest BCUT2D eigenvalue weighted by Crippen LogP contribution is -2.11. The molecule has 5 heteroatoms. The van der Waals surface area contributed by atoms with Crippen molar-refractivity contribution in [1.29, 1.82) is 5.26 Å². The Kier molecular flexibility index (Phi) is 3.92. The third-order valence-electron chi connectivity index (χ3n) is 2.96. The van der Waals surface area contributed by atoms with Gasteiger partial charge in [-0.05, 0) is 30.3 Å². The van der Waals surface area contributed by atoms with Crippen molar-refractivity contribution >= 4 is 28.9 Å². The van der Waals surface area contributed by atoms with Gasteiger partial charge in [-0.1, -0.05) is 23.7 Å². The molecule has 0 aliphatic rings. The number of carboxylic acid groups (broad SMARTS) is 1. The Morgan fingerprint density at radius 1 is 1.30 bits per heavy atom. The zero-order chi connectivity index (χ0) is 14.7. The number of benzene rings is 2. The molecule has 0 spiro atoms. The van der Waals surface area contributed by atoms with Crippen LogP contribution in [0.5, 0.6) is 0 Å². The van der Waals surface area contributed by atoms with Crippen LogP contribution in [0.3, 0.4) is 0 Å². The van der Waals surface area contributed by atoms with Gasteiger partial charge in [0.1, 0.15) is 6.07 Å². The maximum absolute atomic E-state index is 10.9. The molecule has 0 amide bonds. The Balaban J connectivity index is 2.44. The van der Waals surface area contributed by atoms with Crippen molar-refractivity contribution in [2.24, 2.45) is 0 Å². The minimum absolute atomic E-state index is 0.0531. The van der Waals surface area contributed by atoms with Crippen molar-refractivity contribution in [3.63, 3.8) is 0 Å². The molecule has 20 heavy (non-hydrogen) atoms. The smallest absolute Gasteiger partial charge is 0.337 e. The van der Waals surface area contributed by atoms with Crippen LogP contribution in [0.4, 0.5) is 11.4 Å². The van der Waals surface area contributed by atoms with E-state index >= 15 is 0 Å². The second-order valence-corrected chi connectivity index (χ2v) is 4.56. The Hall–Kier alpha value is -2.51. The van der Waals surface area contributed by atoms with Crippen LogP contribution in [-0.2, 0) is 0 Å². The highest BCUT2D eigenvalue weighted by Crippen LogP contribution is 2.29. The van der Waals surface area contributed by atoms with Gasteiger partial charge < -0.3 is 10.0 Å². The van der Waals surface area contributed by atoms with E-state index in [-0.39, 0.29) is 10.6 Å². The molecule has 0 saturated heterocycles. The van der Waals surface area contributed by atoms with Gasteiger partial charge >= 0.3 is 5.97 Å². The molecule has 100 valence electrons. The first-order valence-corrected chi connectivity index (χ1v) is 6.18. The summed E-state index contributed by atoms with van der Waals surface area (Å²) in [6.07, 6.45) is 0. The number of carbonyl (C=O) groups is 1. The molecule has 0 atom stereocenters. The van der Waals surface area contributed by atoms with E-state index < -0.39 is 5.97 Å². The molecule has 0 aliphatic heterocycles. The Bertz CT molecular complexity index is 707. The molecule has 0 unspecified atom stereocenters. The van der Waals surface area contributed by atoms with Crippen LogP contribution in [0, 0.1) is 11.3 Å². The lowest BCUT2D eigenvalue weighted by Gasteiger charge is -2.21. The Labute approximate surface area is 121 Å². The molecule has 4 nitrogen and oxygen atoms in total. The van der Waals surface area contributed by atoms with Crippen molar-refractivity contribution in [2.45, 2.75) is 0 Å². The van der Waals surface area contributed by atoms with Gasteiger partial charge in [-0.25, -0.2) is 4.79 Å². The average molecular weight is 287 g/mol. The van der Waals surface area contributed by atoms with Crippen LogP contribution in [0.2, 0.25) is 5.02 Å². The van der Waals surface area contributed by atoms with E-state index in [1.165, 1.54) is 6.07 Å². The topological polar surface area (TPSA) is 64.3 Å². The molecule has 0 aliphatic carbocycles. The number of hydrogen-bond donors (Lipinski definition) is 1. The molecule has 0 saturated carbocycles. The van der Waals surface area contributed by atoms with Crippen LogP contribution in [0.1, 0.15) is 15.9 Å². The number of nitriles is 1. The van der Waals surface area contributed by atoms with Crippen molar-refractivity contribution < 1.29 is 9.90 Å². The highest BCUT2D eigenvalue weighted by atomic mass is 35.5. The van der Waals surface area contributed by atoms with Crippen molar-refractivity contribution in [3.05, 3.63) is 58.6 Å². The van der Waals surface area contributed by atoms with Crippen molar-refractivity contribution in [1.82, 2.24) is 0 Å². The minimum atomic E-state index is -1.07. The van der Waals surface area contributed by atoms with E-state index in [0.29, 0.717) is 11.3 Å². The monoisotopic (exact) mass is 286 g/mol. The minimum Gasteiger partial charge on any atom is -0.478 e. The summed E-state index contributed by atoms with van der Waals surface area (Å²) in [4.78, 5) is 12.7. The summed E-state index contributed by atoms with van der Waals surface area (Å²) in [7, 11) is 1.79. The van der Waals surface area contributed by atoms with E-state index in [9.17, 15) is 4.79 Å². The van der Waals surface area contributed by atoms with Crippen LogP contribution in [0.25, 0.3) is 0 Å². The molecule has 2 rings (SSSR count). The van der Waals surface area contributed by atoms with Gasteiger partial charge in [0.25, 0.3) is 0 Å². The predicted octanol–water partition coefficient (Wildman–Crippen LogP) is 3.68. The molecule has 0 aromatic heterocycles. The summed E-state index contributed by atoms with van der Waals surface area (Å²) >= 11 is 5.96. The summed E-state index contributed by atoms with van der Waals surface area (Å²) in [5, 5.41) is 18.2. The molecule has 0 radical (unpaired) electrons. The zero-order valence-electron chi connectivity index (χ0n) is 10.7. The van der Waals surface area contributed by atoms with E-state index in [2.05, 4.69) is 6.07 Å². The lowest BCUT2D eigenvalue weighted by molar-refractivity contribution is 0.0697. The second-order valence-electron chi connectivity index (χ2n) is 4.16. The van der Waals surface area contributed by atoms with Gasteiger partial charge in [0.15, 0.2) is 0 Å². The number of rotatable bonds is 3. The molecule has 1 N–H and O–H groups in total. The fourth-order valence-electron chi connectivity index (χ4n) is 1.89. The second kappa shape index (κ2) is 5.64. The maximum atomic E-state index is 10.9. The SMILES string of the molecule is CN(c1ccc(C(=O)O)c(Cl)c1)c1ccccc1C#N. The van der Waals surface area contributed by atoms with Crippen LogP contribution < -0.4 is 4.90 Å². The fourth-order valence-corrected chi connectivity index (χ4v) is 2.14. The van der Waals surface area contributed by atoms with Crippen LogP contribution in [-0.4, -0.2) is 18.1 Å².